The third kappa shape index (κ3) is 13.4. The standard InChI is InChI=1S/C24H45N5O2.HI/c1-20(2)29(21(3)4)13-9-12-26-24(25-5)27-19-22-10-8-11-23(18-22)31-17-15-28(6)14-16-30-7;/h8,10-11,18,20-21H,9,12-17,19H2,1-7H3,(H2,25,26,27);1H. The summed E-state index contributed by atoms with van der Waals surface area (Å²) < 4.78 is 11.0. The molecule has 0 bridgehead atoms. The molecule has 0 unspecified atom stereocenters. The summed E-state index contributed by atoms with van der Waals surface area (Å²) in [5, 5.41) is 6.81. The molecule has 0 aliphatic carbocycles. The largest absolute Gasteiger partial charge is 0.492 e. The second kappa shape index (κ2) is 18.3. The number of guanidine groups is 1. The Morgan fingerprint density at radius 2 is 1.72 bits per heavy atom. The van der Waals surface area contributed by atoms with Gasteiger partial charge in [0.15, 0.2) is 5.96 Å². The Kier molecular flexibility index (Phi) is 17.7. The summed E-state index contributed by atoms with van der Waals surface area (Å²) in [6.45, 7) is 14.9. The summed E-state index contributed by atoms with van der Waals surface area (Å²) in [5.41, 5.74) is 1.17. The lowest BCUT2D eigenvalue weighted by Gasteiger charge is -2.30. The van der Waals surface area contributed by atoms with Crippen LogP contribution in [0.2, 0.25) is 0 Å². The van der Waals surface area contributed by atoms with Gasteiger partial charge in [-0.25, -0.2) is 0 Å². The Bertz CT molecular complexity index is 620. The number of hydrogen-bond acceptors (Lipinski definition) is 5. The maximum Gasteiger partial charge on any atom is 0.191 e. The van der Waals surface area contributed by atoms with E-state index in [-0.39, 0.29) is 24.0 Å². The maximum absolute atomic E-state index is 5.91. The van der Waals surface area contributed by atoms with Crippen molar-refractivity contribution in [2.24, 2.45) is 4.99 Å². The number of hydrogen-bond donors (Lipinski definition) is 2. The Morgan fingerprint density at radius 3 is 2.34 bits per heavy atom. The summed E-state index contributed by atoms with van der Waals surface area (Å²) in [6, 6.07) is 9.35. The van der Waals surface area contributed by atoms with E-state index in [0.29, 0.717) is 25.2 Å². The first-order valence-corrected chi connectivity index (χ1v) is 11.5. The highest BCUT2D eigenvalue weighted by atomic mass is 127. The van der Waals surface area contributed by atoms with Crippen molar-refractivity contribution in [1.82, 2.24) is 20.4 Å². The number of aliphatic imine (C=N–C) groups is 1. The van der Waals surface area contributed by atoms with Crippen LogP contribution in [0.5, 0.6) is 5.75 Å². The van der Waals surface area contributed by atoms with Gasteiger partial charge in [0.2, 0.25) is 0 Å². The zero-order valence-corrected chi connectivity index (χ0v) is 23.5. The van der Waals surface area contributed by atoms with Gasteiger partial charge in [-0.2, -0.15) is 0 Å². The number of ether oxygens (including phenoxy) is 2. The topological polar surface area (TPSA) is 61.4 Å². The van der Waals surface area contributed by atoms with E-state index in [0.717, 1.165) is 50.9 Å². The molecule has 0 amide bonds. The van der Waals surface area contributed by atoms with Crippen molar-refractivity contribution >= 4 is 29.9 Å². The van der Waals surface area contributed by atoms with E-state index in [2.05, 4.69) is 72.3 Å². The average molecular weight is 564 g/mol. The molecular weight excluding hydrogens is 517 g/mol. The lowest BCUT2D eigenvalue weighted by atomic mass is 10.2. The fraction of sp³-hybridized carbons (Fsp3) is 0.708. The first-order valence-electron chi connectivity index (χ1n) is 11.5. The van der Waals surface area contributed by atoms with Crippen LogP contribution in [0.15, 0.2) is 29.3 Å². The molecule has 8 heteroatoms. The number of halogens is 1. The Morgan fingerprint density at radius 1 is 1.03 bits per heavy atom. The zero-order valence-electron chi connectivity index (χ0n) is 21.2. The molecule has 0 saturated heterocycles. The maximum atomic E-state index is 5.91. The van der Waals surface area contributed by atoms with Gasteiger partial charge in [0.1, 0.15) is 12.4 Å². The van der Waals surface area contributed by atoms with Crippen LogP contribution in [0.4, 0.5) is 0 Å². The minimum absolute atomic E-state index is 0. The first-order chi connectivity index (χ1) is 14.9. The van der Waals surface area contributed by atoms with E-state index in [1.807, 2.05) is 19.2 Å². The molecule has 0 aromatic heterocycles. The normalized spacial score (nSPS) is 11.9. The molecule has 0 saturated carbocycles. The molecule has 7 nitrogen and oxygen atoms in total. The SMILES string of the molecule is CN=C(NCCCN(C(C)C)C(C)C)NCc1cccc(OCCN(C)CCOC)c1.I. The summed E-state index contributed by atoms with van der Waals surface area (Å²) in [5.74, 6) is 1.72. The van der Waals surface area contributed by atoms with Crippen molar-refractivity contribution in [2.45, 2.75) is 52.7 Å². The molecule has 32 heavy (non-hydrogen) atoms. The van der Waals surface area contributed by atoms with Gasteiger partial charge in [0, 0.05) is 59.0 Å². The fourth-order valence-electron chi connectivity index (χ4n) is 3.41. The minimum Gasteiger partial charge on any atom is -0.492 e. The molecular formula is C24H46IN5O2. The Labute approximate surface area is 213 Å². The smallest absolute Gasteiger partial charge is 0.191 e. The van der Waals surface area contributed by atoms with Crippen LogP contribution in [-0.2, 0) is 11.3 Å². The average Bonchev–Trinajstić information content (AvgIpc) is 2.74. The summed E-state index contributed by atoms with van der Waals surface area (Å²) in [4.78, 5) is 9.05. The second-order valence-corrected chi connectivity index (χ2v) is 8.42. The number of nitrogens with zero attached hydrogens (tertiary/aromatic N) is 3. The van der Waals surface area contributed by atoms with Gasteiger partial charge in [0.05, 0.1) is 6.61 Å². The molecule has 0 aliphatic rings. The van der Waals surface area contributed by atoms with E-state index in [4.69, 9.17) is 9.47 Å². The second-order valence-electron chi connectivity index (χ2n) is 8.42. The quantitative estimate of drug-likeness (QED) is 0.148. The van der Waals surface area contributed by atoms with Crippen molar-refractivity contribution in [3.05, 3.63) is 29.8 Å². The molecule has 0 heterocycles. The molecule has 186 valence electrons. The Hall–Kier alpha value is -1.10. The lowest BCUT2D eigenvalue weighted by molar-refractivity contribution is 0.150. The van der Waals surface area contributed by atoms with E-state index < -0.39 is 0 Å². The highest BCUT2D eigenvalue weighted by molar-refractivity contribution is 14.0. The highest BCUT2D eigenvalue weighted by Crippen LogP contribution is 2.13. The first kappa shape index (κ1) is 30.9. The number of likely N-dealkylation sites (N-methyl/N-ethyl adjacent to an activating group) is 1. The molecule has 0 aliphatic heterocycles. The van der Waals surface area contributed by atoms with Crippen LogP contribution >= 0.6 is 24.0 Å². The predicted octanol–water partition coefficient (Wildman–Crippen LogP) is 3.44. The summed E-state index contributed by atoms with van der Waals surface area (Å²) >= 11 is 0. The van der Waals surface area contributed by atoms with Crippen LogP contribution in [0.3, 0.4) is 0 Å². The van der Waals surface area contributed by atoms with Crippen LogP contribution in [-0.4, -0.2) is 88.4 Å². The van der Waals surface area contributed by atoms with Crippen molar-refractivity contribution in [2.75, 3.05) is 60.6 Å². The number of benzene rings is 1. The van der Waals surface area contributed by atoms with Gasteiger partial charge < -0.3 is 25.0 Å². The lowest BCUT2D eigenvalue weighted by Crippen LogP contribution is -2.41. The molecule has 2 N–H and O–H groups in total. The van der Waals surface area contributed by atoms with Crippen LogP contribution in [0.25, 0.3) is 0 Å². The van der Waals surface area contributed by atoms with Crippen molar-refractivity contribution in [3.8, 4) is 5.75 Å². The third-order valence-corrected chi connectivity index (χ3v) is 5.21. The van der Waals surface area contributed by atoms with E-state index >= 15 is 0 Å². The van der Waals surface area contributed by atoms with Crippen LogP contribution in [0.1, 0.15) is 39.7 Å². The van der Waals surface area contributed by atoms with Gasteiger partial charge in [-0.1, -0.05) is 12.1 Å². The van der Waals surface area contributed by atoms with Crippen molar-refractivity contribution < 1.29 is 9.47 Å². The van der Waals surface area contributed by atoms with Gasteiger partial charge >= 0.3 is 0 Å². The number of nitrogens with one attached hydrogen (secondary N) is 2. The Balaban J connectivity index is 0.00000961. The zero-order chi connectivity index (χ0) is 23.1. The number of methoxy groups -OCH3 is 1. The van der Waals surface area contributed by atoms with Crippen LogP contribution < -0.4 is 15.4 Å². The van der Waals surface area contributed by atoms with Crippen LogP contribution in [0, 0.1) is 0 Å². The van der Waals surface area contributed by atoms with Crippen molar-refractivity contribution in [3.63, 3.8) is 0 Å². The molecule has 0 spiro atoms. The van der Waals surface area contributed by atoms with Gasteiger partial charge in [0.25, 0.3) is 0 Å². The summed E-state index contributed by atoms with van der Waals surface area (Å²) in [6.07, 6.45) is 1.08. The fourth-order valence-corrected chi connectivity index (χ4v) is 3.41. The predicted molar refractivity (Wildman–Crippen MR) is 147 cm³/mol. The molecule has 1 rings (SSSR count). The van der Waals surface area contributed by atoms with Gasteiger partial charge in [-0.15, -0.1) is 24.0 Å². The van der Waals surface area contributed by atoms with Gasteiger partial charge in [-0.05, 0) is 58.9 Å². The highest BCUT2D eigenvalue weighted by Gasteiger charge is 2.12. The van der Waals surface area contributed by atoms with E-state index in [1.54, 1.807) is 7.11 Å². The van der Waals surface area contributed by atoms with Gasteiger partial charge in [-0.3, -0.25) is 9.89 Å². The third-order valence-electron chi connectivity index (χ3n) is 5.21. The minimum atomic E-state index is 0. The molecule has 1 aromatic carbocycles. The summed E-state index contributed by atoms with van der Waals surface area (Å²) in [7, 11) is 5.61. The van der Waals surface area contributed by atoms with Crippen molar-refractivity contribution in [1.29, 1.82) is 0 Å². The number of rotatable bonds is 15. The molecule has 0 radical (unpaired) electrons. The molecule has 1 aromatic rings. The molecule has 0 fully saturated rings. The molecule has 0 atom stereocenters. The van der Waals surface area contributed by atoms with E-state index in [1.165, 1.54) is 5.56 Å². The van der Waals surface area contributed by atoms with E-state index in [9.17, 15) is 0 Å². The monoisotopic (exact) mass is 563 g/mol.